The molecule has 0 aliphatic rings. The van der Waals surface area contributed by atoms with Crippen LogP contribution in [0, 0.1) is 0 Å². The topological polar surface area (TPSA) is 67.4 Å². The zero-order chi connectivity index (χ0) is 17.4. The Bertz CT molecular complexity index is 667. The molecule has 0 unspecified atom stereocenters. The molecule has 0 heterocycles. The highest BCUT2D eigenvalue weighted by Crippen LogP contribution is 2.18. The van der Waals surface area contributed by atoms with E-state index in [1.807, 2.05) is 42.5 Å². The van der Waals surface area contributed by atoms with Crippen LogP contribution in [-0.2, 0) is 11.3 Å². The average molecular weight is 326 g/mol. The molecular formula is C19H22N2O3. The monoisotopic (exact) mass is 326 g/mol. The molecule has 0 aromatic heterocycles. The van der Waals surface area contributed by atoms with E-state index in [1.54, 1.807) is 12.1 Å². The number of esters is 1. The summed E-state index contributed by atoms with van der Waals surface area (Å²) < 4.78 is 5.18. The third-order valence-electron chi connectivity index (χ3n) is 3.47. The first-order valence-electron chi connectivity index (χ1n) is 7.91. The van der Waals surface area contributed by atoms with E-state index in [4.69, 9.17) is 4.74 Å². The molecule has 126 valence electrons. The van der Waals surface area contributed by atoms with Gasteiger partial charge in [0.1, 0.15) is 12.3 Å². The normalized spacial score (nSPS) is 10.3. The van der Waals surface area contributed by atoms with Crippen LogP contribution in [0.15, 0.2) is 54.6 Å². The van der Waals surface area contributed by atoms with E-state index in [0.717, 1.165) is 5.56 Å². The van der Waals surface area contributed by atoms with Crippen molar-refractivity contribution in [1.82, 2.24) is 10.6 Å². The van der Waals surface area contributed by atoms with Gasteiger partial charge >= 0.3 is 12.0 Å². The number of amides is 2. The Morgan fingerprint density at radius 1 is 0.958 bits per heavy atom. The molecule has 0 radical (unpaired) electrons. The number of carbonyl (C=O) groups is 2. The van der Waals surface area contributed by atoms with Gasteiger partial charge in [-0.05, 0) is 29.2 Å². The Hall–Kier alpha value is -2.82. The number of urea groups is 1. The Balaban J connectivity index is 1.71. The number of nitrogens with one attached hydrogen (secondary N) is 2. The Morgan fingerprint density at radius 2 is 1.62 bits per heavy atom. The van der Waals surface area contributed by atoms with Crippen LogP contribution in [0.2, 0.25) is 0 Å². The van der Waals surface area contributed by atoms with Gasteiger partial charge in [0.05, 0.1) is 0 Å². The van der Waals surface area contributed by atoms with Crippen LogP contribution in [0.5, 0.6) is 5.75 Å². The second-order valence-corrected chi connectivity index (χ2v) is 5.72. The highest BCUT2D eigenvalue weighted by atomic mass is 16.5. The summed E-state index contributed by atoms with van der Waals surface area (Å²) >= 11 is 0. The lowest BCUT2D eigenvalue weighted by Crippen LogP contribution is -2.39. The third kappa shape index (κ3) is 5.76. The van der Waals surface area contributed by atoms with E-state index in [9.17, 15) is 9.59 Å². The first-order chi connectivity index (χ1) is 11.5. The summed E-state index contributed by atoms with van der Waals surface area (Å²) in [5.41, 5.74) is 2.16. The van der Waals surface area contributed by atoms with E-state index >= 15 is 0 Å². The summed E-state index contributed by atoms with van der Waals surface area (Å²) in [5, 5.41) is 5.16. The maximum absolute atomic E-state index is 11.7. The van der Waals surface area contributed by atoms with Gasteiger partial charge in [-0.25, -0.2) is 9.59 Å². The van der Waals surface area contributed by atoms with Gasteiger partial charge in [0, 0.05) is 6.54 Å². The second-order valence-electron chi connectivity index (χ2n) is 5.72. The highest BCUT2D eigenvalue weighted by molar-refractivity contribution is 5.81. The fourth-order valence-corrected chi connectivity index (χ4v) is 2.08. The molecule has 0 atom stereocenters. The zero-order valence-electron chi connectivity index (χ0n) is 13.9. The van der Waals surface area contributed by atoms with Gasteiger partial charge in [0.25, 0.3) is 0 Å². The largest absolute Gasteiger partial charge is 0.425 e. The standard InChI is InChI=1S/C19H22N2O3/c1-14(2)16-8-10-17(11-9-16)24-18(22)13-21-19(23)20-12-15-6-4-3-5-7-15/h3-11,14H,12-13H2,1-2H3,(H2,20,21,23). The van der Waals surface area contributed by atoms with E-state index in [-0.39, 0.29) is 6.54 Å². The molecule has 5 heteroatoms. The van der Waals surface area contributed by atoms with Gasteiger partial charge in [-0.3, -0.25) is 0 Å². The lowest BCUT2D eigenvalue weighted by atomic mass is 10.0. The number of carbonyl (C=O) groups excluding carboxylic acids is 2. The minimum absolute atomic E-state index is 0.188. The molecule has 0 saturated heterocycles. The summed E-state index contributed by atoms with van der Waals surface area (Å²) in [6.07, 6.45) is 0. The van der Waals surface area contributed by atoms with Crippen molar-refractivity contribution in [3.05, 3.63) is 65.7 Å². The zero-order valence-corrected chi connectivity index (χ0v) is 13.9. The van der Waals surface area contributed by atoms with Crippen LogP contribution in [0.1, 0.15) is 30.9 Å². The molecule has 0 bridgehead atoms. The molecule has 24 heavy (non-hydrogen) atoms. The molecule has 2 rings (SSSR count). The molecule has 0 spiro atoms. The van der Waals surface area contributed by atoms with Gasteiger partial charge in [0.2, 0.25) is 0 Å². The average Bonchev–Trinajstić information content (AvgIpc) is 2.59. The lowest BCUT2D eigenvalue weighted by molar-refractivity contribution is -0.133. The van der Waals surface area contributed by atoms with E-state index in [0.29, 0.717) is 18.2 Å². The minimum Gasteiger partial charge on any atom is -0.425 e. The highest BCUT2D eigenvalue weighted by Gasteiger charge is 2.08. The Labute approximate surface area is 142 Å². The fourth-order valence-electron chi connectivity index (χ4n) is 2.08. The van der Waals surface area contributed by atoms with Gasteiger partial charge in [-0.15, -0.1) is 0 Å². The Morgan fingerprint density at radius 3 is 2.25 bits per heavy atom. The third-order valence-corrected chi connectivity index (χ3v) is 3.47. The number of benzene rings is 2. The van der Waals surface area contributed by atoms with Crippen molar-refractivity contribution in [3.8, 4) is 5.75 Å². The summed E-state index contributed by atoms with van der Waals surface area (Å²) in [6.45, 7) is 4.41. The molecule has 5 nitrogen and oxygen atoms in total. The van der Waals surface area contributed by atoms with Gasteiger partial charge in [0.15, 0.2) is 0 Å². The maximum atomic E-state index is 11.7. The predicted molar refractivity (Wildman–Crippen MR) is 92.8 cm³/mol. The van der Waals surface area contributed by atoms with Crippen molar-refractivity contribution in [2.45, 2.75) is 26.3 Å². The van der Waals surface area contributed by atoms with Crippen LogP contribution >= 0.6 is 0 Å². The van der Waals surface area contributed by atoms with Gasteiger partial charge in [-0.1, -0.05) is 56.3 Å². The van der Waals surface area contributed by atoms with Crippen LogP contribution in [0.4, 0.5) is 4.79 Å². The van der Waals surface area contributed by atoms with E-state index in [2.05, 4.69) is 24.5 Å². The fraction of sp³-hybridized carbons (Fsp3) is 0.263. The SMILES string of the molecule is CC(C)c1ccc(OC(=O)CNC(=O)NCc2ccccc2)cc1. The second kappa shape index (κ2) is 8.72. The number of hydrogen-bond acceptors (Lipinski definition) is 3. The van der Waals surface area contributed by atoms with Gasteiger partial charge < -0.3 is 15.4 Å². The van der Waals surface area contributed by atoms with Crippen molar-refractivity contribution >= 4 is 12.0 Å². The number of ether oxygens (including phenoxy) is 1. The molecule has 0 aliphatic carbocycles. The summed E-state index contributed by atoms with van der Waals surface area (Å²) in [5.74, 6) is 0.378. The minimum atomic E-state index is -0.512. The van der Waals surface area contributed by atoms with Gasteiger partial charge in [-0.2, -0.15) is 0 Å². The van der Waals surface area contributed by atoms with Crippen molar-refractivity contribution in [2.24, 2.45) is 0 Å². The van der Waals surface area contributed by atoms with Crippen LogP contribution in [-0.4, -0.2) is 18.5 Å². The molecule has 2 N–H and O–H groups in total. The number of rotatable bonds is 6. The quantitative estimate of drug-likeness (QED) is 0.633. The van der Waals surface area contributed by atoms with Crippen LogP contribution < -0.4 is 15.4 Å². The molecule has 0 fully saturated rings. The lowest BCUT2D eigenvalue weighted by Gasteiger charge is -2.09. The molecule has 0 saturated carbocycles. The summed E-state index contributed by atoms with van der Waals surface area (Å²) in [7, 11) is 0. The summed E-state index contributed by atoms with van der Waals surface area (Å²) in [6, 6.07) is 16.5. The van der Waals surface area contributed by atoms with Crippen LogP contribution in [0.3, 0.4) is 0 Å². The van der Waals surface area contributed by atoms with Crippen molar-refractivity contribution in [3.63, 3.8) is 0 Å². The first kappa shape index (κ1) is 17.5. The smallest absolute Gasteiger partial charge is 0.330 e. The van der Waals surface area contributed by atoms with Crippen molar-refractivity contribution in [1.29, 1.82) is 0 Å². The van der Waals surface area contributed by atoms with E-state index < -0.39 is 12.0 Å². The predicted octanol–water partition coefficient (Wildman–Crippen LogP) is 3.21. The number of hydrogen-bond donors (Lipinski definition) is 2. The van der Waals surface area contributed by atoms with E-state index in [1.165, 1.54) is 5.56 Å². The molecular weight excluding hydrogens is 304 g/mol. The summed E-state index contributed by atoms with van der Waals surface area (Å²) in [4.78, 5) is 23.4. The maximum Gasteiger partial charge on any atom is 0.330 e. The Kier molecular flexibility index (Phi) is 6.37. The molecule has 0 aliphatic heterocycles. The van der Waals surface area contributed by atoms with Crippen molar-refractivity contribution in [2.75, 3.05) is 6.54 Å². The molecule has 2 aromatic rings. The van der Waals surface area contributed by atoms with Crippen LogP contribution in [0.25, 0.3) is 0 Å². The molecule has 2 aromatic carbocycles. The first-order valence-corrected chi connectivity index (χ1v) is 7.91. The van der Waals surface area contributed by atoms with Crippen molar-refractivity contribution < 1.29 is 14.3 Å². The molecule has 2 amide bonds.